The fourth-order valence-corrected chi connectivity index (χ4v) is 3.71. The molecule has 0 aromatic heterocycles. The fraction of sp³-hybridized carbons (Fsp3) is 0.333. The minimum atomic E-state index is -0.829. The highest BCUT2D eigenvalue weighted by Gasteiger charge is 2.35. The molecule has 0 radical (unpaired) electrons. The van der Waals surface area contributed by atoms with Gasteiger partial charge in [0, 0.05) is 35.4 Å². The first-order valence-corrected chi connectivity index (χ1v) is 10.5. The van der Waals surface area contributed by atoms with Gasteiger partial charge >= 0.3 is 11.9 Å². The lowest BCUT2D eigenvalue weighted by Gasteiger charge is -2.37. The van der Waals surface area contributed by atoms with E-state index in [4.69, 9.17) is 30.9 Å². The Morgan fingerprint density at radius 1 is 1.13 bits per heavy atom. The topological polar surface area (TPSA) is 82.1 Å². The molecule has 31 heavy (non-hydrogen) atoms. The van der Waals surface area contributed by atoms with Crippen molar-refractivity contribution in [3.05, 3.63) is 76.8 Å². The molecule has 3 atom stereocenters. The Morgan fingerprint density at radius 3 is 2.55 bits per heavy atom. The molecule has 0 saturated carbocycles. The Bertz CT molecular complexity index is 941. The first-order chi connectivity index (χ1) is 15.0. The van der Waals surface area contributed by atoms with E-state index >= 15 is 0 Å². The third-order valence-electron chi connectivity index (χ3n) is 4.93. The molecule has 0 spiro atoms. The van der Waals surface area contributed by atoms with Gasteiger partial charge in [-0.2, -0.15) is 0 Å². The number of hydrogen-bond acceptors (Lipinski definition) is 5. The molecule has 3 rings (SSSR count). The minimum Gasteiger partial charge on any atom is -0.481 e. The summed E-state index contributed by atoms with van der Waals surface area (Å²) in [5.41, 5.74) is 1.48. The number of ether oxygens (including phenoxy) is 3. The average Bonchev–Trinajstić information content (AvgIpc) is 2.74. The lowest BCUT2D eigenvalue weighted by molar-refractivity contribution is -0.244. The first-order valence-electron chi connectivity index (χ1n) is 10.1. The molecule has 0 bridgehead atoms. The molecule has 1 unspecified atom stereocenters. The highest BCUT2D eigenvalue weighted by molar-refractivity contribution is 6.31. The summed E-state index contributed by atoms with van der Waals surface area (Å²) in [6, 6.07) is 14.6. The van der Waals surface area contributed by atoms with E-state index in [0.29, 0.717) is 30.2 Å². The van der Waals surface area contributed by atoms with Crippen LogP contribution in [0.1, 0.15) is 49.7 Å². The number of carboxylic acid groups (broad SMARTS) is 1. The Morgan fingerprint density at radius 2 is 1.84 bits per heavy atom. The number of para-hydroxylation sites is 1. The van der Waals surface area contributed by atoms with Gasteiger partial charge in [-0.25, -0.2) is 0 Å². The van der Waals surface area contributed by atoms with Crippen LogP contribution in [0.2, 0.25) is 5.02 Å². The van der Waals surface area contributed by atoms with Crippen molar-refractivity contribution in [1.29, 1.82) is 0 Å². The number of aliphatic carboxylic acids is 1. The maximum Gasteiger partial charge on any atom is 0.308 e. The van der Waals surface area contributed by atoms with Gasteiger partial charge in [0.05, 0.1) is 12.7 Å². The Balaban J connectivity index is 1.85. The van der Waals surface area contributed by atoms with Gasteiger partial charge in [-0.3, -0.25) is 9.59 Å². The second-order valence-corrected chi connectivity index (χ2v) is 7.68. The molecule has 164 valence electrons. The Labute approximate surface area is 186 Å². The molecular formula is C24H25ClO6. The zero-order valence-corrected chi connectivity index (χ0v) is 18.0. The molecule has 0 amide bonds. The van der Waals surface area contributed by atoms with Crippen LogP contribution < -0.4 is 4.74 Å². The van der Waals surface area contributed by atoms with Gasteiger partial charge in [-0.15, -0.1) is 0 Å². The summed E-state index contributed by atoms with van der Waals surface area (Å²) in [6.07, 6.45) is 3.89. The van der Waals surface area contributed by atoms with Gasteiger partial charge in [0.15, 0.2) is 6.29 Å². The number of carboxylic acids is 1. The van der Waals surface area contributed by atoms with Gasteiger partial charge in [-0.1, -0.05) is 60.2 Å². The molecule has 1 aliphatic heterocycles. The fourth-order valence-electron chi connectivity index (χ4n) is 3.49. The van der Waals surface area contributed by atoms with Crippen LogP contribution in [-0.2, 0) is 19.1 Å². The molecule has 0 aliphatic carbocycles. The van der Waals surface area contributed by atoms with Crippen molar-refractivity contribution >= 4 is 23.5 Å². The SMILES string of the molecule is CC(=O)Oc1ccccc1[C@H]1OC(c2ccccc2Cl)OC[C@H]1CC=CCCC(=O)O. The predicted octanol–water partition coefficient (Wildman–Crippen LogP) is 5.48. The maximum absolute atomic E-state index is 11.6. The van der Waals surface area contributed by atoms with Crippen LogP contribution in [0.4, 0.5) is 0 Å². The highest BCUT2D eigenvalue weighted by atomic mass is 35.5. The van der Waals surface area contributed by atoms with Crippen molar-refractivity contribution in [3.63, 3.8) is 0 Å². The molecule has 1 heterocycles. The van der Waals surface area contributed by atoms with Crippen molar-refractivity contribution in [2.75, 3.05) is 6.61 Å². The van der Waals surface area contributed by atoms with Gasteiger partial charge in [0.1, 0.15) is 5.75 Å². The number of rotatable bonds is 8. The quantitative estimate of drug-likeness (QED) is 0.330. The number of benzene rings is 2. The second kappa shape index (κ2) is 11.1. The van der Waals surface area contributed by atoms with Gasteiger partial charge < -0.3 is 19.3 Å². The Hall–Kier alpha value is -2.67. The number of carbonyl (C=O) groups is 2. The van der Waals surface area contributed by atoms with E-state index in [1.807, 2.05) is 42.5 Å². The summed E-state index contributed by atoms with van der Waals surface area (Å²) in [7, 11) is 0. The van der Waals surface area contributed by atoms with Crippen LogP contribution in [-0.4, -0.2) is 23.7 Å². The Kier molecular flexibility index (Phi) is 8.23. The van der Waals surface area contributed by atoms with Crippen LogP contribution in [0, 0.1) is 5.92 Å². The summed E-state index contributed by atoms with van der Waals surface area (Å²) in [5, 5.41) is 9.34. The van der Waals surface area contributed by atoms with Crippen LogP contribution >= 0.6 is 11.6 Å². The summed E-state index contributed by atoms with van der Waals surface area (Å²) in [6.45, 7) is 1.76. The highest BCUT2D eigenvalue weighted by Crippen LogP contribution is 2.43. The lowest BCUT2D eigenvalue weighted by atomic mass is 9.91. The summed E-state index contributed by atoms with van der Waals surface area (Å²) < 4.78 is 17.7. The molecule has 1 N–H and O–H groups in total. The van der Waals surface area contributed by atoms with Gasteiger partial charge in [0.2, 0.25) is 0 Å². The largest absolute Gasteiger partial charge is 0.481 e. The standard InChI is InChI=1S/C24H25ClO6/c1-16(26)30-21-13-8-6-11-19(21)23-17(9-3-2-4-14-22(27)28)15-29-24(31-23)18-10-5-7-12-20(18)25/h2-3,5-8,10-13,17,23-24H,4,9,14-15H2,1H3,(H,27,28)/t17-,23+,24?/m1/s1. The van der Waals surface area contributed by atoms with Gasteiger partial charge in [0.25, 0.3) is 0 Å². The third kappa shape index (κ3) is 6.40. The molecule has 6 nitrogen and oxygen atoms in total. The third-order valence-corrected chi connectivity index (χ3v) is 5.27. The molecule has 1 aliphatic rings. The van der Waals surface area contributed by atoms with Crippen LogP contribution in [0.25, 0.3) is 0 Å². The molecule has 2 aromatic carbocycles. The molecule has 2 aromatic rings. The number of carbonyl (C=O) groups excluding carboxylic acids is 1. The van der Waals surface area contributed by atoms with Crippen LogP contribution in [0.5, 0.6) is 5.75 Å². The number of allylic oxidation sites excluding steroid dienone is 2. The number of esters is 1. The van der Waals surface area contributed by atoms with Crippen molar-refractivity contribution in [3.8, 4) is 5.75 Å². The van der Waals surface area contributed by atoms with Crippen molar-refractivity contribution < 1.29 is 28.9 Å². The number of halogens is 1. The monoisotopic (exact) mass is 444 g/mol. The molecular weight excluding hydrogens is 420 g/mol. The first kappa shape index (κ1) is 23.0. The lowest BCUT2D eigenvalue weighted by Crippen LogP contribution is -2.31. The van der Waals surface area contributed by atoms with E-state index in [2.05, 4.69) is 0 Å². The summed E-state index contributed by atoms with van der Waals surface area (Å²) >= 11 is 6.34. The average molecular weight is 445 g/mol. The molecule has 1 saturated heterocycles. The van der Waals surface area contributed by atoms with Crippen molar-refractivity contribution in [1.82, 2.24) is 0 Å². The van der Waals surface area contributed by atoms with E-state index < -0.39 is 24.3 Å². The second-order valence-electron chi connectivity index (χ2n) is 7.27. The molecule has 7 heteroatoms. The normalized spacial score (nSPS) is 21.2. The zero-order chi connectivity index (χ0) is 22.2. The van der Waals surface area contributed by atoms with E-state index in [0.717, 1.165) is 11.1 Å². The van der Waals surface area contributed by atoms with Crippen LogP contribution in [0.15, 0.2) is 60.7 Å². The minimum absolute atomic E-state index is 0.0588. The smallest absolute Gasteiger partial charge is 0.308 e. The van der Waals surface area contributed by atoms with Crippen molar-refractivity contribution in [2.24, 2.45) is 5.92 Å². The maximum atomic E-state index is 11.6. The predicted molar refractivity (Wildman–Crippen MR) is 116 cm³/mol. The number of hydrogen-bond donors (Lipinski definition) is 1. The van der Waals surface area contributed by atoms with Gasteiger partial charge in [-0.05, 0) is 25.0 Å². The van der Waals surface area contributed by atoms with E-state index in [-0.39, 0.29) is 12.3 Å². The summed E-state index contributed by atoms with van der Waals surface area (Å²) in [4.78, 5) is 22.3. The van der Waals surface area contributed by atoms with Crippen molar-refractivity contribution in [2.45, 2.75) is 38.6 Å². The van der Waals surface area contributed by atoms with Crippen LogP contribution in [0.3, 0.4) is 0 Å². The summed E-state index contributed by atoms with van der Waals surface area (Å²) in [5.74, 6) is -0.854. The van der Waals surface area contributed by atoms with E-state index in [9.17, 15) is 9.59 Å². The van der Waals surface area contributed by atoms with E-state index in [1.54, 1.807) is 18.2 Å². The molecule has 1 fully saturated rings. The van der Waals surface area contributed by atoms with E-state index in [1.165, 1.54) is 6.92 Å². The zero-order valence-electron chi connectivity index (χ0n) is 17.2.